The van der Waals surface area contributed by atoms with Gasteiger partial charge in [0, 0.05) is 21.8 Å². The molecule has 1 N–H and O–H groups in total. The van der Waals surface area contributed by atoms with E-state index in [4.69, 9.17) is 4.98 Å². The van der Waals surface area contributed by atoms with Crippen LogP contribution < -0.4 is 4.90 Å². The zero-order chi connectivity index (χ0) is 15.2. The minimum Gasteiger partial charge on any atom is -0.387 e. The lowest BCUT2D eigenvalue weighted by molar-refractivity contribution is 0.102. The molecule has 3 rings (SSSR count). The summed E-state index contributed by atoms with van der Waals surface area (Å²) < 4.78 is 1.13. The minimum absolute atomic E-state index is 0.134. The first-order valence-corrected chi connectivity index (χ1v) is 9.45. The van der Waals surface area contributed by atoms with Crippen LogP contribution in [0.25, 0.3) is 0 Å². The Labute approximate surface area is 141 Å². The SMILES string of the molecule is CN(Cc1cc(Br)cs1)c1nc2c(s1)C(O)CC(C)(C)C2. The van der Waals surface area contributed by atoms with E-state index in [0.717, 1.165) is 39.6 Å². The number of aliphatic hydroxyl groups excluding tert-OH is 1. The van der Waals surface area contributed by atoms with Crippen LogP contribution in [-0.4, -0.2) is 17.1 Å². The van der Waals surface area contributed by atoms with Crippen molar-refractivity contribution in [1.82, 2.24) is 4.98 Å². The molecule has 2 heterocycles. The van der Waals surface area contributed by atoms with Gasteiger partial charge in [-0.3, -0.25) is 0 Å². The second-order valence-corrected chi connectivity index (χ2v) is 9.38. The van der Waals surface area contributed by atoms with Crippen molar-refractivity contribution in [2.45, 2.75) is 39.3 Å². The van der Waals surface area contributed by atoms with Crippen LogP contribution >= 0.6 is 38.6 Å². The van der Waals surface area contributed by atoms with Gasteiger partial charge in [0.2, 0.25) is 0 Å². The molecule has 0 spiro atoms. The predicted molar refractivity (Wildman–Crippen MR) is 93.3 cm³/mol. The standard InChI is InChI=1S/C15H19BrN2OS2/c1-15(2)5-11-13(12(19)6-15)21-14(17-11)18(3)7-10-4-9(16)8-20-10/h4,8,12,19H,5-7H2,1-3H3. The molecule has 21 heavy (non-hydrogen) atoms. The summed E-state index contributed by atoms with van der Waals surface area (Å²) in [4.78, 5) is 9.31. The third kappa shape index (κ3) is 3.33. The average Bonchev–Trinajstić information content (AvgIpc) is 2.94. The maximum absolute atomic E-state index is 10.3. The van der Waals surface area contributed by atoms with Crippen molar-refractivity contribution < 1.29 is 5.11 Å². The summed E-state index contributed by atoms with van der Waals surface area (Å²) >= 11 is 6.87. The molecule has 0 aliphatic heterocycles. The molecule has 0 aromatic carbocycles. The maximum atomic E-state index is 10.3. The summed E-state index contributed by atoms with van der Waals surface area (Å²) in [6.07, 6.45) is 1.41. The van der Waals surface area contributed by atoms with Crippen LogP contribution in [0.15, 0.2) is 15.9 Å². The Balaban J connectivity index is 1.81. The molecule has 0 bridgehead atoms. The molecule has 1 aliphatic carbocycles. The highest BCUT2D eigenvalue weighted by atomic mass is 79.9. The summed E-state index contributed by atoms with van der Waals surface area (Å²) in [5.74, 6) is 0. The van der Waals surface area contributed by atoms with Crippen LogP contribution in [0.2, 0.25) is 0 Å². The molecule has 1 atom stereocenters. The van der Waals surface area contributed by atoms with Gasteiger partial charge >= 0.3 is 0 Å². The first-order chi connectivity index (χ1) is 9.84. The number of aromatic nitrogens is 1. The van der Waals surface area contributed by atoms with Crippen LogP contribution in [0.4, 0.5) is 5.13 Å². The molecule has 0 saturated carbocycles. The molecular weight excluding hydrogens is 368 g/mol. The molecule has 1 unspecified atom stereocenters. The number of hydrogen-bond acceptors (Lipinski definition) is 5. The van der Waals surface area contributed by atoms with Crippen LogP contribution in [0.1, 0.15) is 41.8 Å². The Hall–Kier alpha value is -0.430. The van der Waals surface area contributed by atoms with E-state index in [0.29, 0.717) is 0 Å². The number of thiophene rings is 1. The smallest absolute Gasteiger partial charge is 0.185 e. The molecule has 0 saturated heterocycles. The summed E-state index contributed by atoms with van der Waals surface area (Å²) in [6, 6.07) is 2.15. The first-order valence-electron chi connectivity index (χ1n) is 6.96. The monoisotopic (exact) mass is 386 g/mol. The van der Waals surface area contributed by atoms with Crippen molar-refractivity contribution in [3.8, 4) is 0 Å². The molecule has 0 radical (unpaired) electrons. The highest BCUT2D eigenvalue weighted by molar-refractivity contribution is 9.10. The second kappa shape index (κ2) is 5.65. The zero-order valence-electron chi connectivity index (χ0n) is 12.4. The average molecular weight is 387 g/mol. The minimum atomic E-state index is -0.362. The largest absolute Gasteiger partial charge is 0.387 e. The topological polar surface area (TPSA) is 36.4 Å². The molecule has 114 valence electrons. The first kappa shape index (κ1) is 15.5. The normalized spacial score (nSPS) is 20.3. The Morgan fingerprint density at radius 3 is 2.95 bits per heavy atom. The number of thiazole rings is 1. The van der Waals surface area contributed by atoms with Crippen molar-refractivity contribution in [1.29, 1.82) is 0 Å². The maximum Gasteiger partial charge on any atom is 0.185 e. The Bertz CT molecular complexity index is 650. The van der Waals surface area contributed by atoms with Gasteiger partial charge in [-0.25, -0.2) is 4.98 Å². The molecular formula is C15H19BrN2OS2. The number of fused-ring (bicyclic) bond motifs is 1. The highest BCUT2D eigenvalue weighted by Gasteiger charge is 2.34. The fourth-order valence-electron chi connectivity index (χ4n) is 2.78. The molecule has 2 aromatic rings. The van der Waals surface area contributed by atoms with E-state index in [1.165, 1.54) is 4.88 Å². The molecule has 2 aromatic heterocycles. The Morgan fingerprint density at radius 1 is 1.52 bits per heavy atom. The number of anilines is 1. The number of halogens is 1. The molecule has 0 amide bonds. The molecule has 1 aliphatic rings. The third-order valence-corrected chi connectivity index (χ3v) is 6.75. The van der Waals surface area contributed by atoms with Gasteiger partial charge in [0.05, 0.1) is 23.2 Å². The number of aliphatic hydroxyl groups is 1. The zero-order valence-corrected chi connectivity index (χ0v) is 15.6. The Kier molecular flexibility index (Phi) is 4.16. The third-order valence-electron chi connectivity index (χ3n) is 3.75. The lowest BCUT2D eigenvalue weighted by Gasteiger charge is -2.31. The summed E-state index contributed by atoms with van der Waals surface area (Å²) in [7, 11) is 2.06. The molecule has 0 fully saturated rings. The van der Waals surface area contributed by atoms with Crippen molar-refractivity contribution in [2.24, 2.45) is 5.41 Å². The van der Waals surface area contributed by atoms with Gasteiger partial charge in [-0.05, 0) is 40.3 Å². The van der Waals surface area contributed by atoms with E-state index in [9.17, 15) is 5.11 Å². The van der Waals surface area contributed by atoms with E-state index in [1.54, 1.807) is 22.7 Å². The quantitative estimate of drug-likeness (QED) is 0.836. The predicted octanol–water partition coefficient (Wildman–Crippen LogP) is 4.61. The number of hydrogen-bond donors (Lipinski definition) is 1. The van der Waals surface area contributed by atoms with E-state index >= 15 is 0 Å². The van der Waals surface area contributed by atoms with E-state index in [-0.39, 0.29) is 11.5 Å². The lowest BCUT2D eigenvalue weighted by Crippen LogP contribution is -2.24. The number of rotatable bonds is 3. The van der Waals surface area contributed by atoms with Crippen LogP contribution in [-0.2, 0) is 13.0 Å². The summed E-state index contributed by atoms with van der Waals surface area (Å²) in [6.45, 7) is 5.25. The highest BCUT2D eigenvalue weighted by Crippen LogP contribution is 2.44. The van der Waals surface area contributed by atoms with Gasteiger partial charge in [0.15, 0.2) is 5.13 Å². The molecule has 6 heteroatoms. The van der Waals surface area contributed by atoms with Crippen molar-refractivity contribution in [3.05, 3.63) is 31.4 Å². The van der Waals surface area contributed by atoms with Crippen molar-refractivity contribution >= 4 is 43.7 Å². The van der Waals surface area contributed by atoms with Crippen molar-refractivity contribution in [2.75, 3.05) is 11.9 Å². The van der Waals surface area contributed by atoms with Gasteiger partial charge in [0.1, 0.15) is 0 Å². The van der Waals surface area contributed by atoms with Gasteiger partial charge in [0.25, 0.3) is 0 Å². The van der Waals surface area contributed by atoms with Gasteiger partial charge in [-0.15, -0.1) is 11.3 Å². The van der Waals surface area contributed by atoms with Gasteiger partial charge in [-0.2, -0.15) is 0 Å². The fraction of sp³-hybridized carbons (Fsp3) is 0.533. The molecule has 3 nitrogen and oxygen atoms in total. The van der Waals surface area contributed by atoms with Crippen LogP contribution in [0.3, 0.4) is 0 Å². The van der Waals surface area contributed by atoms with Crippen LogP contribution in [0, 0.1) is 5.41 Å². The van der Waals surface area contributed by atoms with E-state index in [2.05, 4.69) is 53.2 Å². The fourth-order valence-corrected chi connectivity index (χ4v) is 5.31. The van der Waals surface area contributed by atoms with Gasteiger partial charge < -0.3 is 10.0 Å². The van der Waals surface area contributed by atoms with E-state index in [1.807, 2.05) is 0 Å². The van der Waals surface area contributed by atoms with Gasteiger partial charge in [-0.1, -0.05) is 25.2 Å². The summed E-state index contributed by atoms with van der Waals surface area (Å²) in [5, 5.41) is 13.4. The van der Waals surface area contributed by atoms with Crippen LogP contribution in [0.5, 0.6) is 0 Å². The second-order valence-electron chi connectivity index (χ2n) is 6.46. The summed E-state index contributed by atoms with van der Waals surface area (Å²) in [5.41, 5.74) is 1.22. The number of nitrogens with zero attached hydrogens (tertiary/aromatic N) is 2. The Morgan fingerprint density at radius 2 is 2.29 bits per heavy atom. The lowest BCUT2D eigenvalue weighted by atomic mass is 9.77. The van der Waals surface area contributed by atoms with Crippen molar-refractivity contribution in [3.63, 3.8) is 0 Å². The van der Waals surface area contributed by atoms with E-state index < -0.39 is 0 Å².